The fourth-order valence-electron chi connectivity index (χ4n) is 5.12. The number of carbonyl (C=O) groups excluding carboxylic acids is 1. The molecule has 3 heterocycles. The van der Waals surface area contributed by atoms with Crippen LogP contribution < -0.4 is 25.8 Å². The average molecular weight is 637 g/mol. The lowest BCUT2D eigenvalue weighted by Crippen LogP contribution is -2.26. The van der Waals surface area contributed by atoms with Crippen LogP contribution in [0.5, 0.6) is 11.9 Å². The maximum Gasteiger partial charge on any atom is 0.417 e. The molecule has 0 radical (unpaired) electrons. The second-order valence-corrected chi connectivity index (χ2v) is 11.1. The Hall–Kier alpha value is -4.43. The summed E-state index contributed by atoms with van der Waals surface area (Å²) in [5.41, 5.74) is 0.691. The number of aromatic nitrogens is 3. The molecule has 1 aliphatic carbocycles. The van der Waals surface area contributed by atoms with E-state index in [9.17, 15) is 22.4 Å². The third-order valence-corrected chi connectivity index (χ3v) is 7.85. The number of nitrogens with one attached hydrogen (secondary N) is 2. The number of hydrogen-bond acceptors (Lipinski definition) is 10. The number of anilines is 2. The predicted octanol–water partition coefficient (Wildman–Crippen LogP) is 5.68. The van der Waals surface area contributed by atoms with E-state index in [0.717, 1.165) is 12.6 Å². The van der Waals surface area contributed by atoms with E-state index in [-0.39, 0.29) is 42.9 Å². The third-order valence-electron chi connectivity index (χ3n) is 7.85. The summed E-state index contributed by atoms with van der Waals surface area (Å²) in [7, 11) is 0. The summed E-state index contributed by atoms with van der Waals surface area (Å²) in [5, 5.41) is 6.32. The zero-order valence-electron chi connectivity index (χ0n) is 25.1. The van der Waals surface area contributed by atoms with E-state index >= 15 is 4.39 Å². The van der Waals surface area contributed by atoms with E-state index in [0.29, 0.717) is 31.9 Å². The predicted molar refractivity (Wildman–Crippen MR) is 156 cm³/mol. The van der Waals surface area contributed by atoms with Gasteiger partial charge in [-0.2, -0.15) is 23.1 Å². The Kier molecular flexibility index (Phi) is 8.64. The van der Waals surface area contributed by atoms with Gasteiger partial charge in [-0.3, -0.25) is 4.79 Å². The van der Waals surface area contributed by atoms with Crippen molar-refractivity contribution in [3.63, 3.8) is 0 Å². The van der Waals surface area contributed by atoms with Gasteiger partial charge in [0.2, 0.25) is 5.88 Å². The molecule has 5 rings (SSSR count). The van der Waals surface area contributed by atoms with Gasteiger partial charge in [-0.15, -0.1) is 0 Å². The van der Waals surface area contributed by atoms with Crippen LogP contribution in [-0.4, -0.2) is 53.3 Å². The maximum absolute atomic E-state index is 16.5. The second-order valence-electron chi connectivity index (χ2n) is 11.1. The van der Waals surface area contributed by atoms with E-state index in [1.54, 1.807) is 13.8 Å². The molecular weight excluding hydrogens is 603 g/mol. The lowest BCUT2D eigenvalue weighted by atomic mass is 9.96. The highest BCUT2D eigenvalue weighted by molar-refractivity contribution is 5.97. The number of alkyl halides is 3. The molecule has 0 unspecified atom stereocenters. The van der Waals surface area contributed by atoms with E-state index < -0.39 is 68.9 Å². The van der Waals surface area contributed by atoms with Gasteiger partial charge in [-0.1, -0.05) is 6.08 Å². The lowest BCUT2D eigenvalue weighted by Gasteiger charge is -2.21. The van der Waals surface area contributed by atoms with Crippen molar-refractivity contribution in [1.82, 2.24) is 20.3 Å². The summed E-state index contributed by atoms with van der Waals surface area (Å²) in [6, 6.07) is 0.353. The van der Waals surface area contributed by atoms with Crippen LogP contribution in [0.4, 0.5) is 33.5 Å². The molecule has 242 valence electrons. The molecule has 1 atom stereocenters. The van der Waals surface area contributed by atoms with Gasteiger partial charge >= 0.3 is 18.2 Å². The van der Waals surface area contributed by atoms with Crippen molar-refractivity contribution >= 4 is 28.4 Å². The number of rotatable bonds is 6. The molecule has 0 spiro atoms. The zero-order valence-corrected chi connectivity index (χ0v) is 25.1. The largest absolute Gasteiger partial charge is 0.474 e. The monoisotopic (exact) mass is 636 g/mol. The minimum Gasteiger partial charge on any atom is -0.474 e. The number of halogens is 5. The number of pyridine rings is 1. The summed E-state index contributed by atoms with van der Waals surface area (Å²) >= 11 is 0. The molecule has 2 aliphatic rings. The van der Waals surface area contributed by atoms with E-state index in [4.69, 9.17) is 19.9 Å². The zero-order chi connectivity index (χ0) is 32.7. The van der Waals surface area contributed by atoms with Gasteiger partial charge in [0, 0.05) is 24.2 Å². The lowest BCUT2D eigenvalue weighted by molar-refractivity contribution is -0.151. The SMILES string of the molecule is C/C=C1/CNc2nc(OCC3(C(=O)OCC)CC3)nc3c(F)c(-c4cc(N)c(F)c(C)c4C(F)(F)F)nc(c23)O[C@@H](C)CCN1. The van der Waals surface area contributed by atoms with Crippen LogP contribution in [0.2, 0.25) is 0 Å². The number of ether oxygens (including phenoxy) is 3. The number of nitrogen functional groups attached to an aromatic ring is 1. The molecule has 0 amide bonds. The quantitative estimate of drug-likeness (QED) is 0.176. The van der Waals surface area contributed by atoms with Crippen molar-refractivity contribution in [3.8, 4) is 23.1 Å². The maximum atomic E-state index is 16.5. The molecule has 1 aromatic carbocycles. The fourth-order valence-corrected chi connectivity index (χ4v) is 5.12. The number of benzene rings is 1. The number of nitrogens with zero attached hydrogens (tertiary/aromatic N) is 3. The molecule has 1 aliphatic heterocycles. The molecule has 3 aromatic rings. The van der Waals surface area contributed by atoms with Crippen molar-refractivity contribution in [2.24, 2.45) is 5.41 Å². The Labute approximate surface area is 255 Å². The Morgan fingerprint density at radius 1 is 1.20 bits per heavy atom. The van der Waals surface area contributed by atoms with Crippen LogP contribution >= 0.6 is 0 Å². The first kappa shape index (κ1) is 32.0. The summed E-state index contributed by atoms with van der Waals surface area (Å²) in [4.78, 5) is 25.4. The van der Waals surface area contributed by atoms with Crippen LogP contribution in [0.1, 0.15) is 51.2 Å². The summed E-state index contributed by atoms with van der Waals surface area (Å²) < 4.78 is 91.1. The molecule has 2 aromatic heterocycles. The second kappa shape index (κ2) is 12.2. The fraction of sp³-hybridized carbons (Fsp3) is 0.467. The molecular formula is C30H33F5N6O4. The van der Waals surface area contributed by atoms with Gasteiger partial charge in [0.15, 0.2) is 5.82 Å². The van der Waals surface area contributed by atoms with Crippen LogP contribution in [0.3, 0.4) is 0 Å². The van der Waals surface area contributed by atoms with Crippen LogP contribution in [-0.2, 0) is 15.7 Å². The molecule has 15 heteroatoms. The number of hydrogen-bond donors (Lipinski definition) is 3. The standard InChI is InChI=1S/C30H33F5N6O4/c1-5-16-12-38-25-19-24(40-28(41-25)44-13-29(8-9-29)27(42)43-6-2)22(32)23(39-26(19)45-14(3)7-10-37-16)17-11-18(36)21(31)15(4)20(17)30(33,34)35/h5,11,14,37H,6-10,12-13,36H2,1-4H3,(H,38,40,41)/b16-5-/t14-/m0/s1. The van der Waals surface area contributed by atoms with Gasteiger partial charge < -0.3 is 30.6 Å². The van der Waals surface area contributed by atoms with Crippen LogP contribution in [0.15, 0.2) is 17.8 Å². The number of allylic oxidation sites excluding steroid dienone is 1. The average Bonchev–Trinajstić information content (AvgIpc) is 3.78. The summed E-state index contributed by atoms with van der Waals surface area (Å²) in [6.45, 7) is 6.85. The van der Waals surface area contributed by atoms with E-state index in [1.165, 1.54) is 0 Å². The normalized spacial score (nSPS) is 18.8. The van der Waals surface area contributed by atoms with E-state index in [2.05, 4.69) is 25.6 Å². The Morgan fingerprint density at radius 2 is 1.93 bits per heavy atom. The van der Waals surface area contributed by atoms with E-state index in [1.807, 2.05) is 13.0 Å². The van der Waals surface area contributed by atoms with Crippen LogP contribution in [0.25, 0.3) is 22.2 Å². The van der Waals surface area contributed by atoms with Gasteiger partial charge in [0.05, 0.1) is 30.5 Å². The summed E-state index contributed by atoms with van der Waals surface area (Å²) in [6.07, 6.45) is -2.32. The van der Waals surface area contributed by atoms with Crippen molar-refractivity contribution in [3.05, 3.63) is 40.6 Å². The highest BCUT2D eigenvalue weighted by Gasteiger charge is 2.52. The van der Waals surface area contributed by atoms with Crippen LogP contribution in [0, 0.1) is 24.0 Å². The Bertz CT molecular complexity index is 1680. The van der Waals surface area contributed by atoms with Gasteiger partial charge in [0.1, 0.15) is 40.3 Å². The summed E-state index contributed by atoms with van der Waals surface area (Å²) in [5.74, 6) is -3.20. The molecule has 0 saturated heterocycles. The molecule has 1 saturated carbocycles. The smallest absolute Gasteiger partial charge is 0.417 e. The highest BCUT2D eigenvalue weighted by atomic mass is 19.4. The van der Waals surface area contributed by atoms with Gasteiger partial charge in [0.25, 0.3) is 0 Å². The first-order valence-electron chi connectivity index (χ1n) is 14.5. The van der Waals surface area contributed by atoms with Crippen molar-refractivity contribution in [1.29, 1.82) is 0 Å². The van der Waals surface area contributed by atoms with Gasteiger partial charge in [-0.05, 0) is 52.2 Å². The Balaban J connectivity index is 1.75. The molecule has 45 heavy (non-hydrogen) atoms. The minimum atomic E-state index is -5.09. The molecule has 4 N–H and O–H groups in total. The number of esters is 1. The van der Waals surface area contributed by atoms with Gasteiger partial charge in [-0.25, -0.2) is 13.8 Å². The molecule has 0 bridgehead atoms. The first-order valence-corrected chi connectivity index (χ1v) is 14.5. The van der Waals surface area contributed by atoms with Crippen molar-refractivity contribution in [2.75, 3.05) is 37.4 Å². The van der Waals surface area contributed by atoms with Crippen molar-refractivity contribution in [2.45, 2.75) is 59.2 Å². The minimum absolute atomic E-state index is 0.0324. The number of carbonyl (C=O) groups is 1. The number of nitrogens with two attached hydrogens (primary N) is 1. The molecule has 1 fully saturated rings. The third kappa shape index (κ3) is 6.25. The first-order chi connectivity index (χ1) is 21.3. The molecule has 10 nitrogen and oxygen atoms in total. The topological polar surface area (TPSA) is 134 Å². The Morgan fingerprint density at radius 3 is 2.58 bits per heavy atom. The van der Waals surface area contributed by atoms with Crippen molar-refractivity contribution < 1.29 is 41.0 Å². The highest BCUT2D eigenvalue weighted by Crippen LogP contribution is 2.48.